The molecule has 0 radical (unpaired) electrons. The van der Waals surface area contributed by atoms with Crippen molar-refractivity contribution in [3.8, 4) is 11.8 Å². The maximum atomic E-state index is 12.9. The van der Waals surface area contributed by atoms with E-state index < -0.39 is 0 Å². The molecule has 0 aliphatic rings. The molecule has 36 heavy (non-hydrogen) atoms. The highest BCUT2D eigenvalue weighted by molar-refractivity contribution is 5.94. The zero-order valence-electron chi connectivity index (χ0n) is 21.3. The lowest BCUT2D eigenvalue weighted by Crippen LogP contribution is -2.42. The third-order valence-corrected chi connectivity index (χ3v) is 5.98. The highest BCUT2D eigenvalue weighted by Crippen LogP contribution is 2.33. The largest absolute Gasteiger partial charge is 0.334 e. The zero-order chi connectivity index (χ0) is 25.5. The van der Waals surface area contributed by atoms with Gasteiger partial charge in [-0.2, -0.15) is 0 Å². The van der Waals surface area contributed by atoms with Crippen LogP contribution in [0.4, 0.5) is 17.1 Å². The van der Waals surface area contributed by atoms with Crippen LogP contribution in [0, 0.1) is 11.8 Å². The topological polar surface area (TPSA) is 23.6 Å². The van der Waals surface area contributed by atoms with E-state index in [-0.39, 0.29) is 18.0 Å². The molecule has 180 valence electrons. The van der Waals surface area contributed by atoms with Crippen LogP contribution in [0.1, 0.15) is 49.2 Å². The molecule has 3 heteroatoms. The molecule has 3 nitrogen and oxygen atoms in total. The summed E-state index contributed by atoms with van der Waals surface area (Å²) in [6.07, 6.45) is 0. The molecule has 0 saturated carbocycles. The lowest BCUT2D eigenvalue weighted by Gasteiger charge is -2.30. The van der Waals surface area contributed by atoms with Gasteiger partial charge in [0.05, 0.1) is 0 Å². The van der Waals surface area contributed by atoms with Gasteiger partial charge >= 0.3 is 0 Å². The molecule has 0 atom stereocenters. The second-order valence-electron chi connectivity index (χ2n) is 9.28. The monoisotopic (exact) mass is 472 g/mol. The Morgan fingerprint density at radius 3 is 1.36 bits per heavy atom. The van der Waals surface area contributed by atoms with E-state index in [1.807, 2.05) is 105 Å². The fourth-order valence-corrected chi connectivity index (χ4v) is 4.35. The number of nitrogens with zero attached hydrogens (tertiary/aromatic N) is 2. The maximum Gasteiger partial charge on any atom is 0.254 e. The predicted octanol–water partition coefficient (Wildman–Crippen LogP) is 7.82. The van der Waals surface area contributed by atoms with Crippen molar-refractivity contribution in [1.29, 1.82) is 0 Å². The van der Waals surface area contributed by atoms with Crippen molar-refractivity contribution >= 4 is 23.0 Å². The summed E-state index contributed by atoms with van der Waals surface area (Å²) in [6, 6.07) is 36.8. The van der Waals surface area contributed by atoms with Crippen molar-refractivity contribution in [3.63, 3.8) is 0 Å². The number of para-hydroxylation sites is 2. The Kier molecular flexibility index (Phi) is 7.88. The molecule has 0 aromatic heterocycles. The number of carbonyl (C=O) groups excluding carboxylic acids is 1. The van der Waals surface area contributed by atoms with Crippen LogP contribution < -0.4 is 4.90 Å². The number of hydrogen-bond acceptors (Lipinski definition) is 2. The van der Waals surface area contributed by atoms with Gasteiger partial charge in [0.15, 0.2) is 0 Å². The van der Waals surface area contributed by atoms with Crippen LogP contribution in [-0.4, -0.2) is 22.9 Å². The van der Waals surface area contributed by atoms with Gasteiger partial charge in [-0.3, -0.25) is 4.79 Å². The van der Waals surface area contributed by atoms with Crippen molar-refractivity contribution in [2.75, 3.05) is 4.90 Å². The van der Waals surface area contributed by atoms with Crippen LogP contribution in [0.3, 0.4) is 0 Å². The van der Waals surface area contributed by atoms with Gasteiger partial charge in [-0.15, -0.1) is 0 Å². The number of hydrogen-bond donors (Lipinski definition) is 0. The van der Waals surface area contributed by atoms with Crippen molar-refractivity contribution in [2.45, 2.75) is 39.8 Å². The summed E-state index contributed by atoms with van der Waals surface area (Å²) >= 11 is 0. The van der Waals surface area contributed by atoms with Gasteiger partial charge in [-0.25, -0.2) is 0 Å². The molecule has 0 aliphatic carbocycles. The molecule has 0 spiro atoms. The Balaban J connectivity index is 1.53. The smallest absolute Gasteiger partial charge is 0.254 e. The van der Waals surface area contributed by atoms with E-state index in [0.717, 1.165) is 28.2 Å². The number of carbonyl (C=O) groups is 1. The summed E-state index contributed by atoms with van der Waals surface area (Å²) in [4.78, 5) is 17.0. The van der Waals surface area contributed by atoms with Gasteiger partial charge in [-0.1, -0.05) is 48.2 Å². The molecular formula is C33H32N2O. The zero-order valence-corrected chi connectivity index (χ0v) is 21.3. The van der Waals surface area contributed by atoms with Gasteiger partial charge in [0.2, 0.25) is 0 Å². The van der Waals surface area contributed by atoms with Crippen molar-refractivity contribution in [2.24, 2.45) is 0 Å². The first-order chi connectivity index (χ1) is 17.4. The molecule has 0 aliphatic heterocycles. The van der Waals surface area contributed by atoms with Crippen LogP contribution in [0.5, 0.6) is 0 Å². The molecule has 4 aromatic rings. The van der Waals surface area contributed by atoms with Crippen molar-refractivity contribution in [1.82, 2.24) is 4.90 Å². The predicted molar refractivity (Wildman–Crippen MR) is 150 cm³/mol. The first-order valence-electron chi connectivity index (χ1n) is 12.4. The van der Waals surface area contributed by atoms with Gasteiger partial charge in [0.1, 0.15) is 0 Å². The van der Waals surface area contributed by atoms with Crippen LogP contribution in [-0.2, 0) is 0 Å². The van der Waals surface area contributed by atoms with E-state index in [0.29, 0.717) is 5.56 Å². The molecular weight excluding hydrogens is 440 g/mol. The molecule has 0 bridgehead atoms. The van der Waals surface area contributed by atoms with Crippen LogP contribution >= 0.6 is 0 Å². The molecule has 0 heterocycles. The van der Waals surface area contributed by atoms with Crippen molar-refractivity contribution in [3.05, 3.63) is 126 Å². The molecule has 4 rings (SSSR count). The minimum atomic E-state index is 0.0523. The van der Waals surface area contributed by atoms with E-state index in [1.165, 1.54) is 0 Å². The fourth-order valence-electron chi connectivity index (χ4n) is 4.35. The van der Waals surface area contributed by atoms with Crippen LogP contribution in [0.15, 0.2) is 109 Å². The summed E-state index contributed by atoms with van der Waals surface area (Å²) in [5.74, 6) is 6.53. The van der Waals surface area contributed by atoms with E-state index in [9.17, 15) is 4.79 Å². The van der Waals surface area contributed by atoms with E-state index in [4.69, 9.17) is 0 Å². The second-order valence-corrected chi connectivity index (χ2v) is 9.28. The average molecular weight is 473 g/mol. The number of amides is 1. The lowest BCUT2D eigenvalue weighted by molar-refractivity contribution is 0.0643. The first kappa shape index (κ1) is 24.8. The standard InChI is InChI=1S/C33H32N2O/c1-25(2)34(26(3)4)33(36)29-21-17-27(18-22-29)15-16-28-19-23-32(24-20-28)35(30-11-7-5-8-12-30)31-13-9-6-10-14-31/h5-14,17-26H,1-4H3. The molecule has 0 saturated heterocycles. The Labute approximate surface area is 215 Å². The number of anilines is 3. The van der Waals surface area contributed by atoms with Gasteiger partial charge < -0.3 is 9.80 Å². The molecule has 0 N–H and O–H groups in total. The normalized spacial score (nSPS) is 10.6. The van der Waals surface area contributed by atoms with Gasteiger partial charge in [0.25, 0.3) is 5.91 Å². The summed E-state index contributed by atoms with van der Waals surface area (Å²) in [6.45, 7) is 8.17. The fraction of sp³-hybridized carbons (Fsp3) is 0.182. The minimum Gasteiger partial charge on any atom is -0.334 e. The van der Waals surface area contributed by atoms with Crippen LogP contribution in [0.25, 0.3) is 0 Å². The average Bonchev–Trinajstić information content (AvgIpc) is 2.89. The summed E-state index contributed by atoms with van der Waals surface area (Å²) in [5.41, 5.74) is 5.78. The second kappa shape index (κ2) is 11.4. The molecule has 0 unspecified atom stereocenters. The van der Waals surface area contributed by atoms with Gasteiger partial charge in [0, 0.05) is 45.8 Å². The Hall–Kier alpha value is -4.29. The Bertz CT molecular complexity index is 1280. The number of benzene rings is 4. The van der Waals surface area contributed by atoms with E-state index in [1.54, 1.807) is 0 Å². The highest BCUT2D eigenvalue weighted by Gasteiger charge is 2.21. The lowest BCUT2D eigenvalue weighted by atomic mass is 10.1. The Morgan fingerprint density at radius 1 is 0.556 bits per heavy atom. The Morgan fingerprint density at radius 2 is 0.944 bits per heavy atom. The third kappa shape index (κ3) is 5.85. The summed E-state index contributed by atoms with van der Waals surface area (Å²) in [5, 5.41) is 0. The molecule has 0 fully saturated rings. The number of rotatable bonds is 6. The molecule has 1 amide bonds. The SMILES string of the molecule is CC(C)N(C(=O)c1ccc(C#Cc2ccc(N(c3ccccc3)c3ccccc3)cc2)cc1)C(C)C. The van der Waals surface area contributed by atoms with E-state index >= 15 is 0 Å². The maximum absolute atomic E-state index is 12.9. The van der Waals surface area contributed by atoms with Crippen molar-refractivity contribution < 1.29 is 4.79 Å². The quantitative estimate of drug-likeness (QED) is 0.267. The third-order valence-electron chi connectivity index (χ3n) is 5.98. The summed E-state index contributed by atoms with van der Waals surface area (Å²) in [7, 11) is 0. The van der Waals surface area contributed by atoms with E-state index in [2.05, 4.69) is 53.1 Å². The molecule has 4 aromatic carbocycles. The highest BCUT2D eigenvalue weighted by atomic mass is 16.2. The summed E-state index contributed by atoms with van der Waals surface area (Å²) < 4.78 is 0. The first-order valence-corrected chi connectivity index (χ1v) is 12.4. The van der Waals surface area contributed by atoms with Gasteiger partial charge in [-0.05, 0) is 100 Å². The van der Waals surface area contributed by atoms with Crippen LogP contribution in [0.2, 0.25) is 0 Å². The minimum absolute atomic E-state index is 0.0523.